The summed E-state index contributed by atoms with van der Waals surface area (Å²) in [6.45, 7) is 5.04. The molecular formula is C12H17F2NS. The predicted octanol–water partition coefficient (Wildman–Crippen LogP) is 3.89. The van der Waals surface area contributed by atoms with Crippen molar-refractivity contribution < 1.29 is 8.78 Å². The van der Waals surface area contributed by atoms with Gasteiger partial charge in [-0.25, -0.2) is 0 Å². The summed E-state index contributed by atoms with van der Waals surface area (Å²) in [5.41, 5.74) is 1.12. The first kappa shape index (κ1) is 13.5. The zero-order chi connectivity index (χ0) is 12.0. The molecular weight excluding hydrogens is 228 g/mol. The molecule has 0 heterocycles. The second kappa shape index (κ2) is 6.86. The van der Waals surface area contributed by atoms with E-state index >= 15 is 0 Å². The van der Waals surface area contributed by atoms with Crippen LogP contribution < -0.4 is 5.32 Å². The normalized spacial score (nSPS) is 13.1. The maximum absolute atomic E-state index is 12.1. The first-order valence-electron chi connectivity index (χ1n) is 5.39. The highest BCUT2D eigenvalue weighted by molar-refractivity contribution is 7.99. The van der Waals surface area contributed by atoms with E-state index in [1.165, 1.54) is 0 Å². The SMILES string of the molecule is CCC(C)NCc1ccc(SC(F)F)cc1. The van der Waals surface area contributed by atoms with Crippen LogP contribution in [0.3, 0.4) is 0 Å². The summed E-state index contributed by atoms with van der Waals surface area (Å²) in [5, 5.41) is 3.35. The quantitative estimate of drug-likeness (QED) is 0.763. The van der Waals surface area contributed by atoms with Gasteiger partial charge in [0.05, 0.1) is 0 Å². The van der Waals surface area contributed by atoms with Gasteiger partial charge >= 0.3 is 0 Å². The van der Waals surface area contributed by atoms with E-state index in [1.54, 1.807) is 12.1 Å². The average Bonchev–Trinajstić information content (AvgIpc) is 2.27. The summed E-state index contributed by atoms with van der Waals surface area (Å²) >= 11 is 0.582. The van der Waals surface area contributed by atoms with Gasteiger partial charge in [-0.3, -0.25) is 0 Å². The molecule has 0 aliphatic rings. The van der Waals surface area contributed by atoms with Crippen LogP contribution in [-0.2, 0) is 6.54 Å². The van der Waals surface area contributed by atoms with Gasteiger partial charge in [-0.1, -0.05) is 30.8 Å². The molecule has 1 aromatic rings. The van der Waals surface area contributed by atoms with Gasteiger partial charge in [0, 0.05) is 17.5 Å². The summed E-state index contributed by atoms with van der Waals surface area (Å²) in [5.74, 6) is -2.34. The molecule has 90 valence electrons. The lowest BCUT2D eigenvalue weighted by Crippen LogP contribution is -2.24. The average molecular weight is 245 g/mol. The van der Waals surface area contributed by atoms with Gasteiger partial charge in [0.15, 0.2) is 0 Å². The van der Waals surface area contributed by atoms with Gasteiger partial charge in [-0.15, -0.1) is 0 Å². The molecule has 1 atom stereocenters. The van der Waals surface area contributed by atoms with Crippen molar-refractivity contribution in [3.8, 4) is 0 Å². The summed E-state index contributed by atoms with van der Waals surface area (Å²) in [6, 6.07) is 7.74. The minimum atomic E-state index is -2.34. The highest BCUT2D eigenvalue weighted by atomic mass is 32.2. The van der Waals surface area contributed by atoms with Crippen molar-refractivity contribution >= 4 is 11.8 Å². The van der Waals surface area contributed by atoms with Crippen molar-refractivity contribution in [2.75, 3.05) is 0 Å². The van der Waals surface area contributed by atoms with Crippen molar-refractivity contribution in [3.05, 3.63) is 29.8 Å². The fourth-order valence-corrected chi connectivity index (χ4v) is 1.72. The van der Waals surface area contributed by atoms with Crippen LogP contribution in [0.1, 0.15) is 25.8 Å². The van der Waals surface area contributed by atoms with Crippen molar-refractivity contribution in [2.45, 2.75) is 43.5 Å². The molecule has 0 saturated heterocycles. The van der Waals surface area contributed by atoms with Crippen LogP contribution in [0.5, 0.6) is 0 Å². The standard InChI is InChI=1S/C12H17F2NS/c1-3-9(2)15-8-10-4-6-11(7-5-10)16-12(13)14/h4-7,9,12,15H,3,8H2,1-2H3. The van der Waals surface area contributed by atoms with Crippen LogP contribution in [0.4, 0.5) is 8.78 Å². The highest BCUT2D eigenvalue weighted by Crippen LogP contribution is 2.25. The maximum Gasteiger partial charge on any atom is 0.288 e. The number of alkyl halides is 2. The number of hydrogen-bond donors (Lipinski definition) is 1. The zero-order valence-corrected chi connectivity index (χ0v) is 10.4. The van der Waals surface area contributed by atoms with E-state index in [4.69, 9.17) is 0 Å². The highest BCUT2D eigenvalue weighted by Gasteiger charge is 2.04. The third kappa shape index (κ3) is 4.94. The Labute approximate surface area is 99.6 Å². The Morgan fingerprint density at radius 1 is 1.25 bits per heavy atom. The van der Waals surface area contributed by atoms with Gasteiger partial charge in [-0.05, 0) is 31.0 Å². The minimum absolute atomic E-state index is 0.482. The first-order valence-corrected chi connectivity index (χ1v) is 6.27. The monoisotopic (exact) mass is 245 g/mol. The Hall–Kier alpha value is -0.610. The van der Waals surface area contributed by atoms with E-state index in [9.17, 15) is 8.78 Å². The smallest absolute Gasteiger partial charge is 0.288 e. The van der Waals surface area contributed by atoms with E-state index in [2.05, 4.69) is 19.2 Å². The molecule has 0 aliphatic heterocycles. The molecule has 0 amide bonds. The second-order valence-electron chi connectivity index (χ2n) is 3.71. The summed E-state index contributed by atoms with van der Waals surface area (Å²) in [4.78, 5) is 0.613. The number of halogens is 2. The molecule has 1 N–H and O–H groups in total. The molecule has 1 rings (SSSR count). The molecule has 1 unspecified atom stereocenters. The minimum Gasteiger partial charge on any atom is -0.310 e. The summed E-state index contributed by atoms with van der Waals surface area (Å²) in [7, 11) is 0. The van der Waals surface area contributed by atoms with Crippen molar-refractivity contribution in [1.29, 1.82) is 0 Å². The van der Waals surface area contributed by atoms with Gasteiger partial charge in [0.2, 0.25) is 0 Å². The van der Waals surface area contributed by atoms with Crippen molar-refractivity contribution in [1.82, 2.24) is 5.32 Å². The molecule has 1 aromatic carbocycles. The lowest BCUT2D eigenvalue weighted by Gasteiger charge is -2.11. The predicted molar refractivity (Wildman–Crippen MR) is 64.9 cm³/mol. The lowest BCUT2D eigenvalue weighted by atomic mass is 10.2. The van der Waals surface area contributed by atoms with Crippen LogP contribution in [0.25, 0.3) is 0 Å². The molecule has 16 heavy (non-hydrogen) atoms. The van der Waals surface area contributed by atoms with Gasteiger partial charge in [0.1, 0.15) is 0 Å². The molecule has 0 aliphatic carbocycles. The Bertz CT molecular complexity index is 300. The molecule has 0 spiro atoms. The first-order chi connectivity index (χ1) is 7.61. The fraction of sp³-hybridized carbons (Fsp3) is 0.500. The van der Waals surface area contributed by atoms with E-state index in [1.807, 2.05) is 12.1 Å². The van der Waals surface area contributed by atoms with Crippen LogP contribution >= 0.6 is 11.8 Å². The van der Waals surface area contributed by atoms with Gasteiger partial charge in [0.25, 0.3) is 5.76 Å². The Morgan fingerprint density at radius 3 is 2.38 bits per heavy atom. The van der Waals surface area contributed by atoms with Crippen LogP contribution in [0.2, 0.25) is 0 Å². The maximum atomic E-state index is 12.1. The van der Waals surface area contributed by atoms with Crippen LogP contribution in [-0.4, -0.2) is 11.8 Å². The van der Waals surface area contributed by atoms with Gasteiger partial charge < -0.3 is 5.32 Å². The summed E-state index contributed by atoms with van der Waals surface area (Å²) in [6.07, 6.45) is 1.08. The molecule has 4 heteroatoms. The lowest BCUT2D eigenvalue weighted by molar-refractivity contribution is 0.252. The number of thioether (sulfide) groups is 1. The number of benzene rings is 1. The largest absolute Gasteiger partial charge is 0.310 e. The van der Waals surface area contributed by atoms with Crippen molar-refractivity contribution in [3.63, 3.8) is 0 Å². The van der Waals surface area contributed by atoms with E-state index in [-0.39, 0.29) is 0 Å². The van der Waals surface area contributed by atoms with E-state index in [0.717, 1.165) is 18.5 Å². The molecule has 0 saturated carbocycles. The third-order valence-corrected chi connectivity index (χ3v) is 3.14. The Kier molecular flexibility index (Phi) is 5.77. The number of hydrogen-bond acceptors (Lipinski definition) is 2. The molecule has 0 fully saturated rings. The van der Waals surface area contributed by atoms with E-state index in [0.29, 0.717) is 22.7 Å². The summed E-state index contributed by atoms with van der Waals surface area (Å²) < 4.78 is 24.1. The molecule has 0 radical (unpaired) electrons. The third-order valence-electron chi connectivity index (χ3n) is 2.42. The molecule has 1 nitrogen and oxygen atoms in total. The van der Waals surface area contributed by atoms with Crippen molar-refractivity contribution in [2.24, 2.45) is 0 Å². The van der Waals surface area contributed by atoms with Crippen LogP contribution in [0, 0.1) is 0 Å². The van der Waals surface area contributed by atoms with E-state index < -0.39 is 5.76 Å². The molecule has 0 bridgehead atoms. The second-order valence-corrected chi connectivity index (χ2v) is 4.78. The molecule has 0 aromatic heterocycles. The zero-order valence-electron chi connectivity index (χ0n) is 9.54. The van der Waals surface area contributed by atoms with Gasteiger partial charge in [-0.2, -0.15) is 8.78 Å². The number of nitrogens with one attached hydrogen (secondary N) is 1. The number of rotatable bonds is 6. The fourth-order valence-electron chi connectivity index (χ4n) is 1.23. The Balaban J connectivity index is 2.45. The topological polar surface area (TPSA) is 12.0 Å². The Morgan fingerprint density at radius 2 is 1.88 bits per heavy atom. The van der Waals surface area contributed by atoms with Crippen LogP contribution in [0.15, 0.2) is 29.2 Å².